The van der Waals surface area contributed by atoms with Crippen LogP contribution in [-0.2, 0) is 0 Å². The van der Waals surface area contributed by atoms with E-state index in [0.29, 0.717) is 0 Å². The minimum atomic E-state index is 0. The van der Waals surface area contributed by atoms with Crippen LogP contribution in [0.1, 0.15) is 65.7 Å². The first-order valence-corrected chi connectivity index (χ1v) is 5.12. The first-order valence-electron chi connectivity index (χ1n) is 5.12. The molecule has 0 atom stereocenters. The van der Waals surface area contributed by atoms with Gasteiger partial charge >= 0.3 is 18.9 Å². The average molecular weight is 164 g/mol. The molecule has 0 unspecified atom stereocenters. The molecule has 0 N–H and O–H groups in total. The predicted molar refractivity (Wildman–Crippen MR) is 54.7 cm³/mol. The molecule has 0 amide bonds. The number of hydrogen-bond donors (Lipinski definition) is 0. The third-order valence-electron chi connectivity index (χ3n) is 1.56. The summed E-state index contributed by atoms with van der Waals surface area (Å²) >= 11 is 0. The summed E-state index contributed by atoms with van der Waals surface area (Å²) in [4.78, 5) is 0. The van der Waals surface area contributed by atoms with Gasteiger partial charge < -0.3 is 6.92 Å². The molecule has 0 aliphatic heterocycles. The fraction of sp³-hybridized carbons (Fsp3) is 0.909. The Morgan fingerprint density at radius 1 is 0.750 bits per heavy atom. The third-order valence-corrected chi connectivity index (χ3v) is 1.56. The Morgan fingerprint density at radius 3 is 1.25 bits per heavy atom. The molecular weight excluding hydrogens is 139 g/mol. The Kier molecular flexibility index (Phi) is 34.6. The van der Waals surface area contributed by atoms with Gasteiger partial charge in [-0.1, -0.05) is 59.3 Å². The molecule has 0 aromatic rings. The summed E-state index contributed by atoms with van der Waals surface area (Å²) in [5.74, 6) is 0. The molecule has 0 saturated heterocycles. The smallest absolute Gasteiger partial charge is 0.343 e. The van der Waals surface area contributed by atoms with E-state index in [1.54, 1.807) is 0 Å². The summed E-state index contributed by atoms with van der Waals surface area (Å²) < 4.78 is 0. The molecular formula is C11H25Li. The molecule has 0 heterocycles. The maximum Gasteiger partial charge on any atom is 1.00 e. The van der Waals surface area contributed by atoms with E-state index in [4.69, 9.17) is 0 Å². The van der Waals surface area contributed by atoms with Crippen LogP contribution in [0.2, 0.25) is 0 Å². The minimum absolute atomic E-state index is 0. The van der Waals surface area contributed by atoms with E-state index in [9.17, 15) is 0 Å². The second kappa shape index (κ2) is 22.6. The van der Waals surface area contributed by atoms with Crippen LogP contribution < -0.4 is 18.9 Å². The maximum atomic E-state index is 3.60. The first-order chi connectivity index (χ1) is 5.33. The summed E-state index contributed by atoms with van der Waals surface area (Å²) in [5, 5.41) is 0. The van der Waals surface area contributed by atoms with Crippen molar-refractivity contribution in [1.29, 1.82) is 0 Å². The molecule has 0 radical (unpaired) electrons. The van der Waals surface area contributed by atoms with Crippen molar-refractivity contribution in [2.75, 3.05) is 0 Å². The Balaban J connectivity index is -0.000000142. The van der Waals surface area contributed by atoms with Gasteiger partial charge in [0.05, 0.1) is 0 Å². The van der Waals surface area contributed by atoms with Gasteiger partial charge in [-0.05, 0) is 0 Å². The SMILES string of the molecule is CCCCCCC.[CH2-]CCC.[Li+]. The molecule has 0 fully saturated rings. The summed E-state index contributed by atoms with van der Waals surface area (Å²) in [6.45, 7) is 10.2. The Labute approximate surface area is 91.7 Å². The van der Waals surface area contributed by atoms with Crippen LogP contribution in [-0.4, -0.2) is 0 Å². The fourth-order valence-corrected chi connectivity index (χ4v) is 0.677. The van der Waals surface area contributed by atoms with Crippen LogP contribution in [0.4, 0.5) is 0 Å². The van der Waals surface area contributed by atoms with Crippen LogP contribution >= 0.6 is 0 Å². The van der Waals surface area contributed by atoms with Crippen LogP contribution in [0.3, 0.4) is 0 Å². The van der Waals surface area contributed by atoms with Crippen LogP contribution in [0.5, 0.6) is 0 Å². The van der Waals surface area contributed by atoms with E-state index in [2.05, 4.69) is 27.7 Å². The van der Waals surface area contributed by atoms with E-state index in [0.717, 1.165) is 6.42 Å². The average Bonchev–Trinajstić information content (AvgIpc) is 2.06. The van der Waals surface area contributed by atoms with Crippen molar-refractivity contribution in [1.82, 2.24) is 0 Å². The minimum Gasteiger partial charge on any atom is -0.343 e. The van der Waals surface area contributed by atoms with Gasteiger partial charge in [-0.3, -0.25) is 0 Å². The van der Waals surface area contributed by atoms with Crippen LogP contribution in [0, 0.1) is 6.92 Å². The van der Waals surface area contributed by atoms with Crippen molar-refractivity contribution < 1.29 is 18.9 Å². The summed E-state index contributed by atoms with van der Waals surface area (Å²) in [7, 11) is 0. The quantitative estimate of drug-likeness (QED) is 0.329. The van der Waals surface area contributed by atoms with Gasteiger partial charge in [0, 0.05) is 0 Å². The van der Waals surface area contributed by atoms with Gasteiger partial charge in [-0.25, -0.2) is 0 Å². The van der Waals surface area contributed by atoms with Gasteiger partial charge in [0.25, 0.3) is 0 Å². The monoisotopic (exact) mass is 164 g/mol. The number of rotatable bonds is 5. The Hall–Kier alpha value is 0.597. The standard InChI is InChI=1S/C7H16.C4H9.Li/c1-3-5-7-6-4-2;1-3-4-2;/h3-7H2,1-2H3;1,3-4H2,2H3;/q;-1;+1. The molecule has 0 spiro atoms. The van der Waals surface area contributed by atoms with Gasteiger partial charge in [0.2, 0.25) is 0 Å². The number of unbranched alkanes of at least 4 members (excludes halogenated alkanes) is 5. The van der Waals surface area contributed by atoms with Crippen molar-refractivity contribution in [2.24, 2.45) is 0 Å². The van der Waals surface area contributed by atoms with Gasteiger partial charge in [0.1, 0.15) is 0 Å². The van der Waals surface area contributed by atoms with Crippen molar-refractivity contribution in [2.45, 2.75) is 65.7 Å². The van der Waals surface area contributed by atoms with Crippen LogP contribution in [0.15, 0.2) is 0 Å². The number of hydrogen-bond acceptors (Lipinski definition) is 0. The molecule has 0 bridgehead atoms. The molecule has 12 heavy (non-hydrogen) atoms. The molecule has 0 aromatic heterocycles. The summed E-state index contributed by atoms with van der Waals surface area (Å²) in [6, 6.07) is 0. The zero-order chi connectivity index (χ0) is 8.95. The summed E-state index contributed by atoms with van der Waals surface area (Å²) in [5.41, 5.74) is 0. The zero-order valence-electron chi connectivity index (χ0n) is 9.66. The van der Waals surface area contributed by atoms with E-state index < -0.39 is 0 Å². The van der Waals surface area contributed by atoms with E-state index >= 15 is 0 Å². The topological polar surface area (TPSA) is 0 Å². The predicted octanol–water partition coefficient (Wildman–Crippen LogP) is 1.60. The molecule has 1 heteroatoms. The molecule has 0 nitrogen and oxygen atoms in total. The molecule has 0 aliphatic carbocycles. The summed E-state index contributed by atoms with van der Waals surface area (Å²) in [6.07, 6.45) is 9.29. The van der Waals surface area contributed by atoms with Gasteiger partial charge in [-0.15, -0.1) is 0 Å². The molecule has 0 saturated carbocycles. The molecule has 0 aromatic carbocycles. The van der Waals surface area contributed by atoms with Crippen molar-refractivity contribution >= 4 is 0 Å². The van der Waals surface area contributed by atoms with E-state index in [1.807, 2.05) is 0 Å². The van der Waals surface area contributed by atoms with Gasteiger partial charge in [-0.2, -0.15) is 6.42 Å². The molecule has 0 aliphatic rings. The second-order valence-corrected chi connectivity index (χ2v) is 2.91. The van der Waals surface area contributed by atoms with E-state index in [-0.39, 0.29) is 18.9 Å². The molecule has 0 rings (SSSR count). The Bertz CT molecular complexity index is 38.3. The van der Waals surface area contributed by atoms with Crippen molar-refractivity contribution in [3.05, 3.63) is 6.92 Å². The van der Waals surface area contributed by atoms with E-state index in [1.165, 1.54) is 38.5 Å². The van der Waals surface area contributed by atoms with Crippen molar-refractivity contribution in [3.63, 3.8) is 0 Å². The molecule has 70 valence electrons. The fourth-order valence-electron chi connectivity index (χ4n) is 0.677. The maximum absolute atomic E-state index is 3.60. The largest absolute Gasteiger partial charge is 1.00 e. The van der Waals surface area contributed by atoms with Crippen molar-refractivity contribution in [3.8, 4) is 0 Å². The van der Waals surface area contributed by atoms with Gasteiger partial charge in [0.15, 0.2) is 0 Å². The second-order valence-electron chi connectivity index (χ2n) is 2.91. The first kappa shape index (κ1) is 18.4. The third kappa shape index (κ3) is 31.2. The Morgan fingerprint density at radius 2 is 1.08 bits per heavy atom. The van der Waals surface area contributed by atoms with Crippen LogP contribution in [0.25, 0.3) is 0 Å². The zero-order valence-corrected chi connectivity index (χ0v) is 9.66. The normalized spacial score (nSPS) is 8.00.